The third-order valence-electron chi connectivity index (χ3n) is 2.27. The second kappa shape index (κ2) is 3.42. The van der Waals surface area contributed by atoms with E-state index in [0.717, 1.165) is 4.47 Å². The van der Waals surface area contributed by atoms with Gasteiger partial charge in [0, 0.05) is 10.5 Å². The highest BCUT2D eigenvalue weighted by molar-refractivity contribution is 9.10. The minimum atomic E-state index is 0.155. The smallest absolute Gasteiger partial charge is 0.173 e. The minimum absolute atomic E-state index is 0.155. The molecule has 1 heterocycles. The first-order valence-electron chi connectivity index (χ1n) is 4.71. The Morgan fingerprint density at radius 1 is 0.812 bits per heavy atom. The quantitative estimate of drug-likeness (QED) is 0.674. The van der Waals surface area contributed by atoms with Crippen LogP contribution in [-0.4, -0.2) is 5.11 Å². The van der Waals surface area contributed by atoms with Crippen molar-refractivity contribution < 1.29 is 14.6 Å². The first-order valence-corrected chi connectivity index (χ1v) is 5.50. The highest BCUT2D eigenvalue weighted by Crippen LogP contribution is 2.46. The molecule has 0 bridgehead atoms. The van der Waals surface area contributed by atoms with Gasteiger partial charge < -0.3 is 14.6 Å². The van der Waals surface area contributed by atoms with Crippen molar-refractivity contribution in [3.05, 3.63) is 40.9 Å². The van der Waals surface area contributed by atoms with E-state index < -0.39 is 0 Å². The fraction of sp³-hybridized carbons (Fsp3) is 0. The van der Waals surface area contributed by atoms with Crippen LogP contribution in [0.1, 0.15) is 0 Å². The number of phenolic OH excluding ortho intramolecular Hbond substituents is 1. The highest BCUT2D eigenvalue weighted by Gasteiger charge is 2.18. The molecule has 0 radical (unpaired) electrons. The summed E-state index contributed by atoms with van der Waals surface area (Å²) in [5.41, 5.74) is 0. The van der Waals surface area contributed by atoms with E-state index in [2.05, 4.69) is 15.9 Å². The van der Waals surface area contributed by atoms with E-state index in [-0.39, 0.29) is 5.75 Å². The molecule has 0 saturated heterocycles. The number of benzene rings is 2. The van der Waals surface area contributed by atoms with Gasteiger partial charge in [-0.1, -0.05) is 15.9 Å². The predicted octanol–water partition coefficient (Wildman–Crippen LogP) is 4.05. The van der Waals surface area contributed by atoms with E-state index in [1.807, 2.05) is 18.2 Å². The van der Waals surface area contributed by atoms with E-state index in [4.69, 9.17) is 9.47 Å². The summed E-state index contributed by atoms with van der Waals surface area (Å²) in [7, 11) is 0. The third-order valence-corrected chi connectivity index (χ3v) is 2.77. The van der Waals surface area contributed by atoms with Crippen LogP contribution in [0.25, 0.3) is 0 Å². The first kappa shape index (κ1) is 9.54. The molecule has 1 aliphatic heterocycles. The number of aromatic hydroxyl groups is 1. The van der Waals surface area contributed by atoms with Crippen LogP contribution in [0.3, 0.4) is 0 Å². The number of hydrogen-bond acceptors (Lipinski definition) is 3. The fourth-order valence-electron chi connectivity index (χ4n) is 1.54. The maximum absolute atomic E-state index is 9.34. The van der Waals surface area contributed by atoms with Crippen molar-refractivity contribution in [2.24, 2.45) is 0 Å². The lowest BCUT2D eigenvalue weighted by Gasteiger charge is -2.20. The van der Waals surface area contributed by atoms with Crippen LogP contribution in [0.4, 0.5) is 0 Å². The number of hydrogen-bond donors (Lipinski definition) is 1. The zero-order chi connectivity index (χ0) is 11.1. The van der Waals surface area contributed by atoms with Crippen LogP contribution in [0.15, 0.2) is 40.9 Å². The molecular weight excluding hydrogens is 272 g/mol. The highest BCUT2D eigenvalue weighted by atomic mass is 79.9. The molecular formula is C12H7BrO3. The van der Waals surface area contributed by atoms with Gasteiger partial charge in [-0.2, -0.15) is 0 Å². The average Bonchev–Trinajstić information content (AvgIpc) is 2.26. The second-order valence-electron chi connectivity index (χ2n) is 3.43. The molecule has 4 heteroatoms. The van der Waals surface area contributed by atoms with Gasteiger partial charge in [0.25, 0.3) is 0 Å². The average molecular weight is 279 g/mol. The van der Waals surface area contributed by atoms with Gasteiger partial charge in [-0.3, -0.25) is 0 Å². The van der Waals surface area contributed by atoms with Crippen LogP contribution < -0.4 is 9.47 Å². The fourth-order valence-corrected chi connectivity index (χ4v) is 1.88. The summed E-state index contributed by atoms with van der Waals surface area (Å²) in [6.45, 7) is 0. The molecule has 3 rings (SSSR count). The van der Waals surface area contributed by atoms with Crippen LogP contribution in [-0.2, 0) is 0 Å². The molecule has 0 fully saturated rings. The van der Waals surface area contributed by atoms with Crippen LogP contribution in [0.2, 0.25) is 0 Å². The van der Waals surface area contributed by atoms with Crippen molar-refractivity contribution in [1.82, 2.24) is 0 Å². The standard InChI is InChI=1S/C12H7BrO3/c13-7-1-3-9-11(5-7)15-10-4-2-8(14)6-12(10)16-9/h1-6,14H. The molecule has 16 heavy (non-hydrogen) atoms. The van der Waals surface area contributed by atoms with Gasteiger partial charge in [-0.05, 0) is 30.3 Å². The van der Waals surface area contributed by atoms with E-state index in [9.17, 15) is 5.11 Å². The molecule has 0 aliphatic carbocycles. The Balaban J connectivity index is 2.09. The van der Waals surface area contributed by atoms with E-state index in [0.29, 0.717) is 23.0 Å². The molecule has 0 amide bonds. The maximum Gasteiger partial charge on any atom is 0.173 e. The Kier molecular flexibility index (Phi) is 2.04. The molecule has 1 aliphatic rings. The van der Waals surface area contributed by atoms with Crippen molar-refractivity contribution >= 4 is 15.9 Å². The van der Waals surface area contributed by atoms with E-state index in [1.54, 1.807) is 12.1 Å². The normalized spacial score (nSPS) is 12.1. The van der Waals surface area contributed by atoms with Crippen molar-refractivity contribution in [3.8, 4) is 28.7 Å². The number of rotatable bonds is 0. The van der Waals surface area contributed by atoms with Crippen LogP contribution >= 0.6 is 15.9 Å². The summed E-state index contributed by atoms with van der Waals surface area (Å²) in [5.74, 6) is 2.58. The minimum Gasteiger partial charge on any atom is -0.508 e. The lowest BCUT2D eigenvalue weighted by atomic mass is 10.2. The summed E-state index contributed by atoms with van der Waals surface area (Å²) < 4.78 is 12.2. The summed E-state index contributed by atoms with van der Waals surface area (Å²) in [4.78, 5) is 0. The van der Waals surface area contributed by atoms with Crippen molar-refractivity contribution in [2.75, 3.05) is 0 Å². The van der Waals surface area contributed by atoms with Crippen molar-refractivity contribution in [3.63, 3.8) is 0 Å². The van der Waals surface area contributed by atoms with Crippen molar-refractivity contribution in [1.29, 1.82) is 0 Å². The van der Waals surface area contributed by atoms with Gasteiger partial charge >= 0.3 is 0 Å². The largest absolute Gasteiger partial charge is 0.508 e. The predicted molar refractivity (Wildman–Crippen MR) is 62.4 cm³/mol. The lowest BCUT2D eigenvalue weighted by Crippen LogP contribution is -1.98. The molecule has 1 N–H and O–H groups in total. The van der Waals surface area contributed by atoms with E-state index in [1.165, 1.54) is 6.07 Å². The molecule has 0 unspecified atom stereocenters. The molecule has 0 saturated carbocycles. The Bertz CT molecular complexity index is 515. The Morgan fingerprint density at radius 3 is 2.19 bits per heavy atom. The zero-order valence-electron chi connectivity index (χ0n) is 8.11. The Morgan fingerprint density at radius 2 is 1.44 bits per heavy atom. The van der Waals surface area contributed by atoms with Gasteiger partial charge in [-0.25, -0.2) is 0 Å². The van der Waals surface area contributed by atoms with Gasteiger partial charge in [0.1, 0.15) is 5.75 Å². The van der Waals surface area contributed by atoms with E-state index >= 15 is 0 Å². The molecule has 0 aromatic heterocycles. The molecule has 80 valence electrons. The Labute approximate surface area is 100 Å². The second-order valence-corrected chi connectivity index (χ2v) is 4.34. The summed E-state index contributed by atoms with van der Waals surface area (Å²) in [6.07, 6.45) is 0. The van der Waals surface area contributed by atoms with Gasteiger partial charge in [0.05, 0.1) is 0 Å². The van der Waals surface area contributed by atoms with Crippen LogP contribution in [0.5, 0.6) is 28.7 Å². The number of ether oxygens (including phenoxy) is 2. The van der Waals surface area contributed by atoms with Crippen LogP contribution in [0, 0.1) is 0 Å². The number of phenols is 1. The molecule has 3 nitrogen and oxygen atoms in total. The maximum atomic E-state index is 9.34. The van der Waals surface area contributed by atoms with Crippen molar-refractivity contribution in [2.45, 2.75) is 0 Å². The molecule has 0 atom stereocenters. The topological polar surface area (TPSA) is 38.7 Å². The summed E-state index contributed by atoms with van der Waals surface area (Å²) in [5, 5.41) is 9.34. The van der Waals surface area contributed by atoms with Gasteiger partial charge in [0.2, 0.25) is 0 Å². The summed E-state index contributed by atoms with van der Waals surface area (Å²) in [6, 6.07) is 10.3. The first-order chi connectivity index (χ1) is 7.72. The molecule has 0 spiro atoms. The molecule has 2 aromatic rings. The lowest BCUT2D eigenvalue weighted by molar-refractivity contribution is 0.355. The summed E-state index contributed by atoms with van der Waals surface area (Å²) >= 11 is 3.37. The third kappa shape index (κ3) is 1.51. The Hall–Kier alpha value is -1.68. The van der Waals surface area contributed by atoms with Gasteiger partial charge in [-0.15, -0.1) is 0 Å². The van der Waals surface area contributed by atoms with Gasteiger partial charge in [0.15, 0.2) is 23.0 Å². The SMILES string of the molecule is Oc1ccc2c(c1)Oc1ccc(Br)cc1O2. The monoisotopic (exact) mass is 278 g/mol. The zero-order valence-corrected chi connectivity index (χ0v) is 9.69. The number of fused-ring (bicyclic) bond motifs is 2. The molecule has 2 aromatic carbocycles. The number of halogens is 1.